The van der Waals surface area contributed by atoms with E-state index in [1.165, 1.54) is 0 Å². The van der Waals surface area contributed by atoms with Gasteiger partial charge in [-0.15, -0.1) is 12.4 Å². The van der Waals surface area contributed by atoms with Gasteiger partial charge in [-0.2, -0.15) is 0 Å². The van der Waals surface area contributed by atoms with Gasteiger partial charge in [0.15, 0.2) is 0 Å². The molecule has 0 fully saturated rings. The van der Waals surface area contributed by atoms with E-state index in [1.54, 1.807) is 24.3 Å². The van der Waals surface area contributed by atoms with E-state index in [2.05, 4.69) is 10.6 Å². The molecular formula is C19H24ClN3O2. The Morgan fingerprint density at radius 2 is 1.44 bits per heavy atom. The molecule has 0 heterocycles. The molecular weight excluding hydrogens is 338 g/mol. The number of benzene rings is 2. The molecule has 0 aliphatic rings. The summed E-state index contributed by atoms with van der Waals surface area (Å²) in [6.45, 7) is 3.99. The third-order valence-electron chi connectivity index (χ3n) is 3.47. The highest BCUT2D eigenvalue weighted by molar-refractivity contribution is 5.96. The van der Waals surface area contributed by atoms with E-state index in [-0.39, 0.29) is 24.2 Å². The van der Waals surface area contributed by atoms with Gasteiger partial charge in [0.25, 0.3) is 0 Å². The summed E-state index contributed by atoms with van der Waals surface area (Å²) < 4.78 is 0. The van der Waals surface area contributed by atoms with Crippen molar-refractivity contribution in [3.05, 3.63) is 60.2 Å². The fourth-order valence-electron chi connectivity index (χ4n) is 2.25. The number of nitrogens with one attached hydrogen (secondary N) is 2. The predicted octanol–water partition coefficient (Wildman–Crippen LogP) is 3.73. The summed E-state index contributed by atoms with van der Waals surface area (Å²) in [4.78, 5) is 23.9. The normalized spacial score (nSPS) is 11.4. The Hall–Kier alpha value is -2.37. The lowest BCUT2D eigenvalue weighted by Gasteiger charge is -2.13. The van der Waals surface area contributed by atoms with Gasteiger partial charge in [0.05, 0.1) is 0 Å². The summed E-state index contributed by atoms with van der Waals surface area (Å²) in [5, 5.41) is 5.60. The van der Waals surface area contributed by atoms with Gasteiger partial charge >= 0.3 is 0 Å². The largest absolute Gasteiger partial charge is 0.326 e. The summed E-state index contributed by atoms with van der Waals surface area (Å²) >= 11 is 0. The van der Waals surface area contributed by atoms with Crippen LogP contribution in [0.3, 0.4) is 0 Å². The van der Waals surface area contributed by atoms with Crippen LogP contribution in [0.1, 0.15) is 31.9 Å². The summed E-state index contributed by atoms with van der Waals surface area (Å²) in [7, 11) is 0. The van der Waals surface area contributed by atoms with Crippen LogP contribution in [0.2, 0.25) is 0 Å². The third-order valence-corrected chi connectivity index (χ3v) is 3.47. The highest BCUT2D eigenvalue weighted by Crippen LogP contribution is 2.17. The van der Waals surface area contributed by atoms with Crippen molar-refractivity contribution in [2.75, 3.05) is 10.6 Å². The Bertz CT molecular complexity index is 688. The van der Waals surface area contributed by atoms with Crippen molar-refractivity contribution in [3.8, 4) is 0 Å². The highest BCUT2D eigenvalue weighted by atomic mass is 35.5. The molecule has 5 nitrogen and oxygen atoms in total. The van der Waals surface area contributed by atoms with Crippen LogP contribution in [0.4, 0.5) is 11.4 Å². The second-order valence-corrected chi connectivity index (χ2v) is 6.10. The first-order valence-corrected chi connectivity index (χ1v) is 7.97. The maximum atomic E-state index is 12.2. The van der Waals surface area contributed by atoms with Gasteiger partial charge in [-0.25, -0.2) is 0 Å². The molecule has 0 saturated heterocycles. The Morgan fingerprint density at radius 1 is 0.920 bits per heavy atom. The molecule has 2 rings (SSSR count). The van der Waals surface area contributed by atoms with Crippen molar-refractivity contribution < 1.29 is 9.59 Å². The van der Waals surface area contributed by atoms with Crippen molar-refractivity contribution in [1.82, 2.24) is 0 Å². The molecule has 0 aliphatic heterocycles. The lowest BCUT2D eigenvalue weighted by atomic mass is 10.1. The number of halogens is 1. The minimum absolute atomic E-state index is 0. The molecule has 0 aliphatic carbocycles. The highest BCUT2D eigenvalue weighted by Gasteiger charge is 2.15. The minimum atomic E-state index is -0.725. The van der Waals surface area contributed by atoms with Gasteiger partial charge in [-0.1, -0.05) is 44.2 Å². The lowest BCUT2D eigenvalue weighted by molar-refractivity contribution is -0.118. The van der Waals surface area contributed by atoms with Crippen molar-refractivity contribution in [1.29, 1.82) is 0 Å². The van der Waals surface area contributed by atoms with Gasteiger partial charge in [0.1, 0.15) is 6.04 Å². The average molecular weight is 362 g/mol. The van der Waals surface area contributed by atoms with Crippen molar-refractivity contribution >= 4 is 35.6 Å². The van der Waals surface area contributed by atoms with Crippen LogP contribution >= 0.6 is 12.4 Å². The van der Waals surface area contributed by atoms with Gasteiger partial charge in [-0.05, 0) is 35.7 Å². The smallest absolute Gasteiger partial charge is 0.245 e. The van der Waals surface area contributed by atoms with Gasteiger partial charge < -0.3 is 16.4 Å². The molecule has 0 saturated carbocycles. The van der Waals surface area contributed by atoms with Crippen LogP contribution < -0.4 is 16.4 Å². The molecule has 25 heavy (non-hydrogen) atoms. The number of nitrogens with two attached hydrogens (primary N) is 1. The minimum Gasteiger partial charge on any atom is -0.326 e. The number of anilines is 2. The maximum absolute atomic E-state index is 12.2. The topological polar surface area (TPSA) is 84.2 Å². The van der Waals surface area contributed by atoms with Crippen LogP contribution in [0, 0.1) is 5.92 Å². The van der Waals surface area contributed by atoms with Crippen LogP contribution in [-0.4, -0.2) is 11.8 Å². The van der Waals surface area contributed by atoms with E-state index < -0.39 is 6.04 Å². The zero-order valence-corrected chi connectivity index (χ0v) is 15.2. The van der Waals surface area contributed by atoms with Crippen molar-refractivity contribution in [2.24, 2.45) is 11.7 Å². The van der Waals surface area contributed by atoms with E-state index >= 15 is 0 Å². The summed E-state index contributed by atoms with van der Waals surface area (Å²) in [5.41, 5.74) is 8.05. The number of carbonyl (C=O) groups excluding carboxylic acids is 2. The Morgan fingerprint density at radius 3 is 1.96 bits per heavy atom. The summed E-state index contributed by atoms with van der Waals surface area (Å²) in [6.07, 6.45) is 0.477. The quantitative estimate of drug-likeness (QED) is 0.732. The average Bonchev–Trinajstić information content (AvgIpc) is 2.56. The van der Waals surface area contributed by atoms with E-state index in [4.69, 9.17) is 5.73 Å². The molecule has 0 spiro atoms. The van der Waals surface area contributed by atoms with Crippen LogP contribution in [0.5, 0.6) is 0 Å². The van der Waals surface area contributed by atoms with E-state index in [0.717, 1.165) is 5.56 Å². The van der Waals surface area contributed by atoms with E-state index in [1.807, 2.05) is 44.2 Å². The fraction of sp³-hybridized carbons (Fsp3) is 0.263. The molecule has 2 amide bonds. The zero-order chi connectivity index (χ0) is 17.5. The fourth-order valence-corrected chi connectivity index (χ4v) is 2.25. The van der Waals surface area contributed by atoms with Crippen molar-refractivity contribution in [2.45, 2.75) is 26.3 Å². The molecule has 1 unspecified atom stereocenters. The molecule has 2 aromatic rings. The second kappa shape index (κ2) is 9.81. The van der Waals surface area contributed by atoms with Gasteiger partial charge in [0.2, 0.25) is 11.8 Å². The summed E-state index contributed by atoms with van der Waals surface area (Å²) in [6, 6.07) is 15.5. The van der Waals surface area contributed by atoms with Gasteiger partial charge in [-0.3, -0.25) is 9.59 Å². The SMILES string of the molecule is CC(C)CC(=O)Nc1ccc(NC(=O)C(N)c2ccccc2)cc1.Cl. The Balaban J connectivity index is 0.00000312. The summed E-state index contributed by atoms with van der Waals surface area (Å²) in [5.74, 6) is 0.00807. The van der Waals surface area contributed by atoms with E-state index in [9.17, 15) is 9.59 Å². The Kier molecular flexibility index (Phi) is 8.11. The van der Waals surface area contributed by atoms with Gasteiger partial charge in [0, 0.05) is 17.8 Å². The van der Waals surface area contributed by atoms with E-state index in [0.29, 0.717) is 23.7 Å². The molecule has 2 aromatic carbocycles. The molecule has 6 heteroatoms. The predicted molar refractivity (Wildman–Crippen MR) is 104 cm³/mol. The maximum Gasteiger partial charge on any atom is 0.245 e. The second-order valence-electron chi connectivity index (χ2n) is 6.10. The monoisotopic (exact) mass is 361 g/mol. The van der Waals surface area contributed by atoms with Crippen LogP contribution in [0.25, 0.3) is 0 Å². The first kappa shape index (κ1) is 20.7. The molecule has 0 bridgehead atoms. The number of rotatable bonds is 6. The number of hydrogen-bond donors (Lipinski definition) is 3. The molecule has 1 atom stereocenters. The number of carbonyl (C=O) groups is 2. The standard InChI is InChI=1S/C19H23N3O2.ClH/c1-13(2)12-17(23)21-15-8-10-16(11-9-15)22-19(24)18(20)14-6-4-3-5-7-14;/h3-11,13,18H,12,20H2,1-2H3,(H,21,23)(H,22,24);1H. The molecule has 4 N–H and O–H groups in total. The Labute approximate surface area is 154 Å². The van der Waals surface area contributed by atoms with Crippen LogP contribution in [-0.2, 0) is 9.59 Å². The zero-order valence-electron chi connectivity index (χ0n) is 14.4. The first-order valence-electron chi connectivity index (χ1n) is 7.97. The van der Waals surface area contributed by atoms with Crippen LogP contribution in [0.15, 0.2) is 54.6 Å². The van der Waals surface area contributed by atoms with Crippen molar-refractivity contribution in [3.63, 3.8) is 0 Å². The molecule has 134 valence electrons. The number of hydrogen-bond acceptors (Lipinski definition) is 3. The molecule has 0 aromatic heterocycles. The molecule has 0 radical (unpaired) electrons. The first-order chi connectivity index (χ1) is 11.5. The lowest BCUT2D eigenvalue weighted by Crippen LogP contribution is -2.27. The number of amides is 2. The third kappa shape index (κ3) is 6.57.